The van der Waals surface area contributed by atoms with Crippen LogP contribution >= 0.6 is 0 Å². The molecule has 14 rings (SSSR count). The number of fused-ring (bicyclic) bond motifs is 8. The van der Waals surface area contributed by atoms with Crippen molar-refractivity contribution in [3.8, 4) is 45.3 Å². The number of nitrogens with zero attached hydrogens (tertiary/aromatic N) is 3. The van der Waals surface area contributed by atoms with Crippen molar-refractivity contribution >= 4 is 54.3 Å². The monoisotopic (exact) mass is 811 g/mol. The Hall–Kier alpha value is -7.17. The van der Waals surface area contributed by atoms with E-state index >= 15 is 0 Å². The Balaban J connectivity index is 1.04. The highest BCUT2D eigenvalue weighted by molar-refractivity contribution is 6.19. The van der Waals surface area contributed by atoms with Crippen molar-refractivity contribution in [2.45, 2.75) is 43.9 Å². The van der Waals surface area contributed by atoms with E-state index in [1.54, 1.807) is 0 Å². The number of hydrogen-bond donors (Lipinski definition) is 0. The van der Waals surface area contributed by atoms with E-state index in [0.717, 1.165) is 94.4 Å². The fraction of sp³-hybridized carbons (Fsp3) is 0.169. The van der Waals surface area contributed by atoms with Gasteiger partial charge in [0.15, 0.2) is 17.5 Å². The molecule has 4 nitrogen and oxygen atoms in total. The number of aromatic nitrogens is 3. The fourth-order valence-electron chi connectivity index (χ4n) is 12.4. The molecule has 4 heteroatoms. The predicted molar refractivity (Wildman–Crippen MR) is 259 cm³/mol. The van der Waals surface area contributed by atoms with Gasteiger partial charge in [0.25, 0.3) is 0 Å². The van der Waals surface area contributed by atoms with E-state index in [1.807, 2.05) is 0 Å². The van der Waals surface area contributed by atoms with Gasteiger partial charge in [0.05, 0.1) is 0 Å². The van der Waals surface area contributed by atoms with Crippen LogP contribution in [-0.2, 0) is 5.41 Å². The molecule has 0 aliphatic heterocycles. The highest BCUT2D eigenvalue weighted by Crippen LogP contribution is 2.60. The summed E-state index contributed by atoms with van der Waals surface area (Å²) in [7, 11) is 0. The van der Waals surface area contributed by atoms with E-state index in [4.69, 9.17) is 19.4 Å². The van der Waals surface area contributed by atoms with Crippen LogP contribution in [0.15, 0.2) is 186 Å². The van der Waals surface area contributed by atoms with Crippen molar-refractivity contribution in [3.63, 3.8) is 0 Å². The molecule has 302 valence electrons. The van der Waals surface area contributed by atoms with E-state index in [0.29, 0.717) is 22.9 Å². The normalized spacial score (nSPS) is 20.2. The van der Waals surface area contributed by atoms with Crippen molar-refractivity contribution in [1.82, 2.24) is 15.0 Å². The van der Waals surface area contributed by atoms with Gasteiger partial charge < -0.3 is 4.42 Å². The van der Waals surface area contributed by atoms with Gasteiger partial charge in [-0.1, -0.05) is 176 Å². The summed E-state index contributed by atoms with van der Waals surface area (Å²) in [6.07, 6.45) is 8.34. The van der Waals surface area contributed by atoms with Gasteiger partial charge in [0, 0.05) is 33.0 Å². The zero-order valence-corrected chi connectivity index (χ0v) is 35.0. The SMILES string of the molecule is c1ccc(-c2cccc3c2oc2ccccc2c2ccccc2c2ccccc32)c(-c2nc(-c3ccc(C45CC6C[C@H](C4)C[C@@H](C6)C5)cc3)nc(-c3cccc4ccccc34)n2)c1. The highest BCUT2D eigenvalue weighted by Gasteiger charge is 2.51. The third kappa shape index (κ3) is 6.07. The Morgan fingerprint density at radius 3 is 1.52 bits per heavy atom. The molecule has 0 atom stereocenters. The molecular formula is C59H45N3O. The fourth-order valence-corrected chi connectivity index (χ4v) is 12.4. The molecule has 2 heterocycles. The zero-order chi connectivity index (χ0) is 41.5. The average molecular weight is 812 g/mol. The van der Waals surface area contributed by atoms with E-state index in [9.17, 15) is 0 Å². The molecular weight excluding hydrogens is 767 g/mol. The largest absolute Gasteiger partial charge is 0.455 e. The molecule has 4 aliphatic rings. The van der Waals surface area contributed by atoms with Crippen LogP contribution in [0.3, 0.4) is 0 Å². The maximum atomic E-state index is 7.23. The van der Waals surface area contributed by atoms with Crippen LogP contribution in [0.1, 0.15) is 44.1 Å². The molecule has 8 aromatic carbocycles. The standard InChI is InChI=1S/C59H45N3O/c1-2-15-43-40(13-1)14-11-25-52(43)57-60-56(41-27-29-42(30-28-41)59-34-37-31-38(35-59)33-39(32-37)36-59)61-58(62-57)53-22-8-7-20-48(53)51-24-12-23-50-47-19-6-4-17-45(47)44-16-3-5-18-46(44)49-21-9-10-26-54(49)63-55(50)51/h1-30,37-39H,31-36H2/t37-,38+,39?,59?. The third-order valence-corrected chi connectivity index (χ3v) is 14.8. The van der Waals surface area contributed by atoms with Crippen LogP contribution < -0.4 is 0 Å². The molecule has 2 aromatic heterocycles. The summed E-state index contributed by atoms with van der Waals surface area (Å²) in [5.74, 6) is 4.63. The van der Waals surface area contributed by atoms with Gasteiger partial charge in [-0.3, -0.25) is 0 Å². The molecule has 10 aromatic rings. The van der Waals surface area contributed by atoms with Gasteiger partial charge >= 0.3 is 0 Å². The van der Waals surface area contributed by atoms with Crippen LogP contribution in [-0.4, -0.2) is 15.0 Å². The lowest BCUT2D eigenvalue weighted by Gasteiger charge is -2.57. The van der Waals surface area contributed by atoms with E-state index in [-0.39, 0.29) is 0 Å². The smallest absolute Gasteiger partial charge is 0.164 e. The predicted octanol–water partition coefficient (Wildman–Crippen LogP) is 15.5. The summed E-state index contributed by atoms with van der Waals surface area (Å²) in [5, 5.41) is 8.93. The summed E-state index contributed by atoms with van der Waals surface area (Å²) in [4.78, 5) is 16.1. The summed E-state index contributed by atoms with van der Waals surface area (Å²) < 4.78 is 7.23. The number of benzene rings is 8. The van der Waals surface area contributed by atoms with Crippen molar-refractivity contribution in [2.24, 2.45) is 17.8 Å². The summed E-state index contributed by atoms with van der Waals surface area (Å²) in [5.41, 5.74) is 8.27. The quantitative estimate of drug-likeness (QED) is 0.174. The molecule has 4 bridgehead atoms. The molecule has 0 saturated heterocycles. The van der Waals surface area contributed by atoms with Crippen LogP contribution in [0.2, 0.25) is 0 Å². The van der Waals surface area contributed by atoms with Gasteiger partial charge in [-0.05, 0) is 111 Å². The maximum absolute atomic E-state index is 7.23. The van der Waals surface area contributed by atoms with E-state index in [1.165, 1.54) is 49.5 Å². The summed E-state index contributed by atoms with van der Waals surface area (Å²) >= 11 is 0. The molecule has 4 saturated carbocycles. The molecule has 4 fully saturated rings. The number of para-hydroxylation sites is 2. The molecule has 0 amide bonds. The Labute approximate surface area is 366 Å². The van der Waals surface area contributed by atoms with Gasteiger partial charge in [0.2, 0.25) is 0 Å². The molecule has 0 spiro atoms. The third-order valence-electron chi connectivity index (χ3n) is 14.8. The number of rotatable bonds is 5. The highest BCUT2D eigenvalue weighted by atomic mass is 16.3. The molecule has 4 aliphatic carbocycles. The first kappa shape index (κ1) is 36.5. The van der Waals surface area contributed by atoms with Gasteiger partial charge in [0.1, 0.15) is 11.2 Å². The van der Waals surface area contributed by atoms with Gasteiger partial charge in [-0.2, -0.15) is 0 Å². The first-order chi connectivity index (χ1) is 31.1. The van der Waals surface area contributed by atoms with Gasteiger partial charge in [-0.15, -0.1) is 0 Å². The Morgan fingerprint density at radius 2 is 0.825 bits per heavy atom. The zero-order valence-electron chi connectivity index (χ0n) is 35.0. The van der Waals surface area contributed by atoms with Crippen LogP contribution in [0, 0.1) is 17.8 Å². The van der Waals surface area contributed by atoms with Crippen LogP contribution in [0.25, 0.3) is 99.5 Å². The van der Waals surface area contributed by atoms with Crippen molar-refractivity contribution < 1.29 is 4.42 Å². The minimum atomic E-state index is 0.322. The lowest BCUT2D eigenvalue weighted by atomic mass is 9.48. The second-order valence-electron chi connectivity index (χ2n) is 18.5. The van der Waals surface area contributed by atoms with Crippen LogP contribution in [0.4, 0.5) is 0 Å². The Morgan fingerprint density at radius 1 is 0.365 bits per heavy atom. The maximum Gasteiger partial charge on any atom is 0.164 e. The van der Waals surface area contributed by atoms with Crippen molar-refractivity contribution in [1.29, 1.82) is 0 Å². The topological polar surface area (TPSA) is 51.8 Å². The van der Waals surface area contributed by atoms with Crippen LogP contribution in [0.5, 0.6) is 0 Å². The second kappa shape index (κ2) is 14.5. The minimum Gasteiger partial charge on any atom is -0.455 e. The first-order valence-electron chi connectivity index (χ1n) is 22.7. The van der Waals surface area contributed by atoms with Gasteiger partial charge in [-0.25, -0.2) is 15.0 Å². The minimum absolute atomic E-state index is 0.322. The number of hydrogen-bond acceptors (Lipinski definition) is 4. The van der Waals surface area contributed by atoms with E-state index < -0.39 is 0 Å². The Kier molecular flexibility index (Phi) is 8.37. The van der Waals surface area contributed by atoms with Crippen molar-refractivity contribution in [2.75, 3.05) is 0 Å². The lowest BCUT2D eigenvalue weighted by molar-refractivity contribution is -0.00518. The molecule has 63 heavy (non-hydrogen) atoms. The molecule has 0 unspecified atom stereocenters. The average Bonchev–Trinajstić information content (AvgIpc) is 3.38. The van der Waals surface area contributed by atoms with Crippen molar-refractivity contribution in [3.05, 3.63) is 188 Å². The second-order valence-corrected chi connectivity index (χ2v) is 18.5. The first-order valence-corrected chi connectivity index (χ1v) is 22.7. The lowest BCUT2D eigenvalue weighted by Crippen LogP contribution is -2.48. The molecule has 0 N–H and O–H groups in total. The summed E-state index contributed by atoms with van der Waals surface area (Å²) in [6.45, 7) is 0. The van der Waals surface area contributed by atoms with E-state index in [2.05, 4.69) is 182 Å². The molecule has 0 radical (unpaired) electrons. The Bertz CT molecular complexity index is 3470. The summed E-state index contributed by atoms with van der Waals surface area (Å²) in [6, 6.07) is 64.9.